The fourth-order valence-electron chi connectivity index (χ4n) is 2.59. The smallest absolute Gasteiger partial charge is 0.235 e. The number of benzene rings is 1. The van der Waals surface area contributed by atoms with Crippen molar-refractivity contribution in [1.82, 2.24) is 14.8 Å². The van der Waals surface area contributed by atoms with Gasteiger partial charge in [0.15, 0.2) is 5.75 Å². The van der Waals surface area contributed by atoms with Crippen LogP contribution >= 0.6 is 0 Å². The van der Waals surface area contributed by atoms with Crippen molar-refractivity contribution in [2.24, 2.45) is 7.05 Å². The Morgan fingerprint density at radius 1 is 1.19 bits per heavy atom. The lowest BCUT2D eigenvalue weighted by Crippen LogP contribution is -2.06. The summed E-state index contributed by atoms with van der Waals surface area (Å²) in [5.41, 5.74) is 4.32. The zero-order valence-electron chi connectivity index (χ0n) is 12.5. The van der Waals surface area contributed by atoms with Gasteiger partial charge in [0.2, 0.25) is 5.43 Å². The maximum Gasteiger partial charge on any atom is 0.235 e. The molecule has 0 bridgehead atoms. The predicted octanol–water partition coefficient (Wildman–Crippen LogP) is 2.56. The number of H-pyrrole nitrogens is 1. The van der Waals surface area contributed by atoms with Crippen molar-refractivity contribution in [3.8, 4) is 17.0 Å². The molecule has 21 heavy (non-hydrogen) atoms. The first-order valence-corrected chi connectivity index (χ1v) is 6.76. The zero-order chi connectivity index (χ0) is 15.3. The maximum absolute atomic E-state index is 12.4. The van der Waals surface area contributed by atoms with Crippen molar-refractivity contribution in [3.63, 3.8) is 0 Å². The highest BCUT2D eigenvalue weighted by molar-refractivity contribution is 5.84. The first kappa shape index (κ1) is 13.4. The molecule has 0 unspecified atom stereocenters. The molecule has 0 atom stereocenters. The summed E-state index contributed by atoms with van der Waals surface area (Å²) >= 11 is 0. The number of aromatic hydroxyl groups is 1. The minimum absolute atomic E-state index is 0.262. The Balaban J connectivity index is 2.38. The van der Waals surface area contributed by atoms with Gasteiger partial charge in [-0.05, 0) is 38.0 Å². The minimum atomic E-state index is -0.387. The zero-order valence-corrected chi connectivity index (χ0v) is 12.5. The molecule has 0 radical (unpaired) electrons. The van der Waals surface area contributed by atoms with Crippen LogP contribution < -0.4 is 5.43 Å². The van der Waals surface area contributed by atoms with Gasteiger partial charge >= 0.3 is 0 Å². The van der Waals surface area contributed by atoms with Crippen molar-refractivity contribution in [1.29, 1.82) is 0 Å². The first-order valence-electron chi connectivity index (χ1n) is 6.76. The molecule has 2 heterocycles. The molecule has 0 saturated heterocycles. The van der Waals surface area contributed by atoms with Crippen molar-refractivity contribution in [2.45, 2.75) is 20.8 Å². The molecule has 0 saturated carbocycles. The van der Waals surface area contributed by atoms with Gasteiger partial charge in [0.05, 0.1) is 16.8 Å². The number of hydrogen-bond acceptors (Lipinski definition) is 3. The number of nitrogens with one attached hydrogen (secondary N) is 1. The van der Waals surface area contributed by atoms with Crippen molar-refractivity contribution in [3.05, 3.63) is 45.2 Å². The van der Waals surface area contributed by atoms with Crippen LogP contribution in [0.15, 0.2) is 23.0 Å². The second-order valence-electron chi connectivity index (χ2n) is 5.41. The Bertz CT molecular complexity index is 919. The van der Waals surface area contributed by atoms with Crippen LogP contribution in [0.2, 0.25) is 0 Å². The summed E-state index contributed by atoms with van der Waals surface area (Å²) in [6, 6.07) is 5.82. The number of fused-ring (bicyclic) bond motifs is 1. The average molecular weight is 283 g/mol. The molecular weight excluding hydrogens is 266 g/mol. The van der Waals surface area contributed by atoms with E-state index in [0.29, 0.717) is 22.4 Å². The monoisotopic (exact) mass is 283 g/mol. The molecule has 0 spiro atoms. The molecule has 0 amide bonds. The Kier molecular flexibility index (Phi) is 2.86. The van der Waals surface area contributed by atoms with E-state index in [9.17, 15) is 9.90 Å². The van der Waals surface area contributed by atoms with Crippen LogP contribution in [-0.2, 0) is 7.05 Å². The summed E-state index contributed by atoms with van der Waals surface area (Å²) in [5, 5.41) is 14.9. The lowest BCUT2D eigenvalue weighted by Gasteiger charge is -2.08. The highest BCUT2D eigenvalue weighted by Gasteiger charge is 2.17. The summed E-state index contributed by atoms with van der Waals surface area (Å²) in [6.07, 6.45) is 0. The average Bonchev–Trinajstić information content (AvgIpc) is 2.72. The summed E-state index contributed by atoms with van der Waals surface area (Å²) in [7, 11) is 1.77. The molecule has 2 aromatic heterocycles. The fourth-order valence-corrected chi connectivity index (χ4v) is 2.59. The summed E-state index contributed by atoms with van der Waals surface area (Å²) in [4.78, 5) is 15.5. The third-order valence-corrected chi connectivity index (χ3v) is 3.94. The molecular formula is C16H17N3O2. The van der Waals surface area contributed by atoms with Crippen LogP contribution in [0.5, 0.6) is 5.75 Å². The maximum atomic E-state index is 12.4. The molecule has 5 heteroatoms. The van der Waals surface area contributed by atoms with Crippen molar-refractivity contribution < 1.29 is 5.11 Å². The van der Waals surface area contributed by atoms with Gasteiger partial charge in [-0.2, -0.15) is 5.10 Å². The van der Waals surface area contributed by atoms with Crippen LogP contribution in [0.25, 0.3) is 22.3 Å². The van der Waals surface area contributed by atoms with Gasteiger partial charge < -0.3 is 10.1 Å². The minimum Gasteiger partial charge on any atom is -0.503 e. The molecule has 0 aliphatic rings. The van der Waals surface area contributed by atoms with Gasteiger partial charge in [0, 0.05) is 12.6 Å². The van der Waals surface area contributed by atoms with Gasteiger partial charge in [0.1, 0.15) is 5.65 Å². The van der Waals surface area contributed by atoms with E-state index in [2.05, 4.69) is 10.1 Å². The number of aryl methyl sites for hydroxylation is 4. The standard InChI is InChI=1S/C16H17N3O2/c1-8-5-6-11(7-9(8)2)13-15(21)14(20)12-10(3)18-19(4)16(12)17-13/h5-7,21H,1-4H3,(H,17,20). The van der Waals surface area contributed by atoms with Crippen molar-refractivity contribution >= 4 is 11.0 Å². The van der Waals surface area contributed by atoms with Gasteiger partial charge in [-0.25, -0.2) is 0 Å². The second kappa shape index (κ2) is 4.48. The Hall–Kier alpha value is -2.56. The van der Waals surface area contributed by atoms with E-state index in [-0.39, 0.29) is 11.2 Å². The van der Waals surface area contributed by atoms with E-state index < -0.39 is 0 Å². The van der Waals surface area contributed by atoms with E-state index in [4.69, 9.17) is 0 Å². The topological polar surface area (TPSA) is 70.9 Å². The molecule has 0 fully saturated rings. The van der Waals surface area contributed by atoms with Crippen LogP contribution in [-0.4, -0.2) is 19.9 Å². The normalized spacial score (nSPS) is 11.2. The van der Waals surface area contributed by atoms with E-state index in [1.165, 1.54) is 0 Å². The molecule has 3 aromatic rings. The number of aromatic amines is 1. The lowest BCUT2D eigenvalue weighted by molar-refractivity contribution is 0.471. The van der Waals surface area contributed by atoms with Gasteiger partial charge in [0.25, 0.3) is 0 Å². The molecule has 2 N–H and O–H groups in total. The molecule has 108 valence electrons. The number of rotatable bonds is 1. The summed E-state index contributed by atoms with van der Waals surface area (Å²) in [5.74, 6) is -0.262. The number of hydrogen-bond donors (Lipinski definition) is 2. The fraction of sp³-hybridized carbons (Fsp3) is 0.250. The van der Waals surface area contributed by atoms with Gasteiger partial charge in [-0.15, -0.1) is 0 Å². The summed E-state index contributed by atoms with van der Waals surface area (Å²) in [6.45, 7) is 5.78. The largest absolute Gasteiger partial charge is 0.503 e. The quantitative estimate of drug-likeness (QED) is 0.721. The van der Waals surface area contributed by atoms with Crippen LogP contribution in [0.1, 0.15) is 16.8 Å². The van der Waals surface area contributed by atoms with E-state index in [1.54, 1.807) is 18.7 Å². The third-order valence-electron chi connectivity index (χ3n) is 3.94. The third kappa shape index (κ3) is 1.93. The predicted molar refractivity (Wildman–Crippen MR) is 82.6 cm³/mol. The van der Waals surface area contributed by atoms with Crippen LogP contribution in [0.3, 0.4) is 0 Å². The number of pyridine rings is 1. The van der Waals surface area contributed by atoms with Gasteiger partial charge in [-0.3, -0.25) is 9.48 Å². The van der Waals surface area contributed by atoms with E-state index >= 15 is 0 Å². The number of nitrogens with zero attached hydrogens (tertiary/aromatic N) is 2. The van der Waals surface area contributed by atoms with Crippen LogP contribution in [0, 0.1) is 20.8 Å². The lowest BCUT2D eigenvalue weighted by atomic mass is 10.0. The van der Waals surface area contributed by atoms with E-state index in [0.717, 1.165) is 16.7 Å². The van der Waals surface area contributed by atoms with Gasteiger partial charge in [-0.1, -0.05) is 12.1 Å². The highest BCUT2D eigenvalue weighted by atomic mass is 16.3. The molecule has 0 aliphatic heterocycles. The summed E-state index contributed by atoms with van der Waals surface area (Å²) < 4.78 is 1.62. The second-order valence-corrected chi connectivity index (χ2v) is 5.41. The Morgan fingerprint density at radius 3 is 2.57 bits per heavy atom. The highest BCUT2D eigenvalue weighted by Crippen LogP contribution is 2.28. The van der Waals surface area contributed by atoms with Crippen molar-refractivity contribution in [2.75, 3.05) is 0 Å². The molecule has 1 aromatic carbocycles. The van der Waals surface area contributed by atoms with Crippen LogP contribution in [0.4, 0.5) is 0 Å². The molecule has 0 aliphatic carbocycles. The van der Waals surface area contributed by atoms with E-state index in [1.807, 2.05) is 32.0 Å². The Morgan fingerprint density at radius 2 is 1.90 bits per heavy atom. The first-order chi connectivity index (χ1) is 9.90. The SMILES string of the molecule is Cc1ccc(-c2[nH]c3c(c(C)nn3C)c(=O)c2O)cc1C. The molecule has 3 rings (SSSR count). The number of aromatic nitrogens is 3. The molecule has 5 nitrogen and oxygen atoms in total. The Labute approximate surface area is 121 Å².